The summed E-state index contributed by atoms with van der Waals surface area (Å²) in [6.07, 6.45) is 2.19. The van der Waals surface area contributed by atoms with Crippen molar-refractivity contribution in [3.8, 4) is 0 Å². The topological polar surface area (TPSA) is 95.6 Å². The minimum absolute atomic E-state index is 0.154. The first-order valence-electron chi connectivity index (χ1n) is 9.20. The maximum atomic E-state index is 12.4. The van der Waals surface area contributed by atoms with Gasteiger partial charge in [0.15, 0.2) is 0 Å². The van der Waals surface area contributed by atoms with Crippen LogP contribution in [0.3, 0.4) is 0 Å². The molecule has 28 heavy (non-hydrogen) atoms. The highest BCUT2D eigenvalue weighted by Crippen LogP contribution is 2.17. The lowest BCUT2D eigenvalue weighted by Gasteiger charge is -2.15. The molecule has 1 aliphatic heterocycles. The summed E-state index contributed by atoms with van der Waals surface area (Å²) in [4.78, 5) is 25.8. The molecule has 7 nitrogen and oxygen atoms in total. The lowest BCUT2D eigenvalue weighted by molar-refractivity contribution is -0.127. The van der Waals surface area contributed by atoms with Crippen molar-refractivity contribution >= 4 is 27.5 Å². The van der Waals surface area contributed by atoms with Crippen LogP contribution < -0.4 is 10.0 Å². The summed E-state index contributed by atoms with van der Waals surface area (Å²) in [5.41, 5.74) is 0.685. The van der Waals surface area contributed by atoms with Crippen LogP contribution in [0.2, 0.25) is 0 Å². The molecule has 0 atom stereocenters. The molecular weight excluding hydrogens is 378 g/mol. The number of carbonyl (C=O) groups is 2. The van der Waals surface area contributed by atoms with Crippen LogP contribution in [-0.4, -0.2) is 44.8 Å². The van der Waals surface area contributed by atoms with E-state index in [1.54, 1.807) is 36.4 Å². The second-order valence-electron chi connectivity index (χ2n) is 6.59. The zero-order valence-electron chi connectivity index (χ0n) is 15.4. The predicted octanol–water partition coefficient (Wildman–Crippen LogP) is 2.23. The number of nitrogens with one attached hydrogen (secondary N) is 2. The van der Waals surface area contributed by atoms with E-state index >= 15 is 0 Å². The van der Waals surface area contributed by atoms with Crippen molar-refractivity contribution < 1.29 is 18.0 Å². The van der Waals surface area contributed by atoms with E-state index in [-0.39, 0.29) is 16.7 Å². The molecule has 3 rings (SSSR count). The van der Waals surface area contributed by atoms with Crippen molar-refractivity contribution in [1.82, 2.24) is 10.2 Å². The normalized spacial score (nSPS) is 14.1. The Morgan fingerprint density at radius 3 is 2.57 bits per heavy atom. The fourth-order valence-corrected chi connectivity index (χ4v) is 4.12. The highest BCUT2D eigenvalue weighted by molar-refractivity contribution is 7.92. The van der Waals surface area contributed by atoms with Crippen LogP contribution in [0.15, 0.2) is 59.5 Å². The molecule has 0 aliphatic carbocycles. The summed E-state index contributed by atoms with van der Waals surface area (Å²) in [5, 5.41) is 2.81. The zero-order valence-corrected chi connectivity index (χ0v) is 16.2. The average molecular weight is 401 g/mol. The molecule has 0 unspecified atom stereocenters. The Labute approximate surface area is 164 Å². The molecule has 0 spiro atoms. The molecule has 148 valence electrons. The Morgan fingerprint density at radius 1 is 1.07 bits per heavy atom. The summed E-state index contributed by atoms with van der Waals surface area (Å²) in [5.74, 6) is -0.113. The Kier molecular flexibility index (Phi) is 6.30. The van der Waals surface area contributed by atoms with Gasteiger partial charge in [0.25, 0.3) is 15.9 Å². The number of likely N-dealkylation sites (tertiary alicyclic amines) is 1. The van der Waals surface area contributed by atoms with Crippen molar-refractivity contribution in [3.63, 3.8) is 0 Å². The second kappa shape index (κ2) is 8.88. The highest BCUT2D eigenvalue weighted by atomic mass is 32.2. The van der Waals surface area contributed by atoms with E-state index in [2.05, 4.69) is 10.0 Å². The van der Waals surface area contributed by atoms with Crippen LogP contribution in [0.5, 0.6) is 0 Å². The summed E-state index contributed by atoms with van der Waals surface area (Å²) < 4.78 is 27.3. The molecule has 0 bridgehead atoms. The summed E-state index contributed by atoms with van der Waals surface area (Å²) >= 11 is 0. The van der Waals surface area contributed by atoms with Crippen molar-refractivity contribution in [2.45, 2.75) is 24.2 Å². The predicted molar refractivity (Wildman–Crippen MR) is 106 cm³/mol. The molecule has 2 aromatic carbocycles. The van der Waals surface area contributed by atoms with Crippen LogP contribution in [-0.2, 0) is 14.8 Å². The average Bonchev–Trinajstić information content (AvgIpc) is 3.10. The number of hydrogen-bond acceptors (Lipinski definition) is 4. The molecule has 1 aliphatic rings. The van der Waals surface area contributed by atoms with Gasteiger partial charge in [-0.05, 0) is 43.2 Å². The van der Waals surface area contributed by atoms with Gasteiger partial charge >= 0.3 is 0 Å². The largest absolute Gasteiger partial charge is 0.352 e. The monoisotopic (exact) mass is 401 g/mol. The van der Waals surface area contributed by atoms with Crippen LogP contribution in [0.1, 0.15) is 29.6 Å². The van der Waals surface area contributed by atoms with Crippen molar-refractivity contribution in [2.75, 3.05) is 24.4 Å². The molecule has 1 saturated heterocycles. The number of nitrogens with zero attached hydrogens (tertiary/aromatic N) is 1. The van der Waals surface area contributed by atoms with Gasteiger partial charge in [-0.25, -0.2) is 8.42 Å². The van der Waals surface area contributed by atoms with Crippen molar-refractivity contribution in [1.29, 1.82) is 0 Å². The number of carbonyl (C=O) groups excluding carboxylic acids is 2. The lowest BCUT2D eigenvalue weighted by atomic mass is 10.2. The highest BCUT2D eigenvalue weighted by Gasteiger charge is 2.19. The Hall–Kier alpha value is -2.87. The van der Waals surface area contributed by atoms with E-state index in [1.165, 1.54) is 18.2 Å². The third kappa shape index (κ3) is 5.10. The van der Waals surface area contributed by atoms with E-state index < -0.39 is 10.0 Å². The van der Waals surface area contributed by atoms with Gasteiger partial charge in [-0.1, -0.05) is 24.3 Å². The summed E-state index contributed by atoms with van der Waals surface area (Å²) in [6.45, 7) is 1.87. The number of amides is 2. The third-order valence-electron chi connectivity index (χ3n) is 4.49. The van der Waals surface area contributed by atoms with Crippen LogP contribution >= 0.6 is 0 Å². The third-order valence-corrected chi connectivity index (χ3v) is 5.89. The number of rotatable bonds is 8. The number of hydrogen-bond donors (Lipinski definition) is 2. The number of anilines is 1. The van der Waals surface area contributed by atoms with E-state index in [0.717, 1.165) is 13.0 Å². The molecule has 2 aromatic rings. The fraction of sp³-hybridized carbons (Fsp3) is 0.300. The van der Waals surface area contributed by atoms with Crippen LogP contribution in [0.4, 0.5) is 5.69 Å². The van der Waals surface area contributed by atoms with Gasteiger partial charge in [0.05, 0.1) is 4.90 Å². The van der Waals surface area contributed by atoms with Crippen LogP contribution in [0.25, 0.3) is 0 Å². The van der Waals surface area contributed by atoms with E-state index in [0.29, 0.717) is 37.2 Å². The Morgan fingerprint density at radius 2 is 1.86 bits per heavy atom. The van der Waals surface area contributed by atoms with E-state index in [1.807, 2.05) is 4.90 Å². The van der Waals surface area contributed by atoms with Crippen LogP contribution in [0, 0.1) is 0 Å². The molecule has 8 heteroatoms. The van der Waals surface area contributed by atoms with Gasteiger partial charge in [-0.15, -0.1) is 0 Å². The molecule has 1 fully saturated rings. The second-order valence-corrected chi connectivity index (χ2v) is 8.28. The first kappa shape index (κ1) is 19.9. The molecule has 0 saturated carbocycles. The maximum Gasteiger partial charge on any atom is 0.261 e. The standard InChI is InChI=1S/C20H23N3O4S/c24-19-11-5-13-23(19)14-6-12-21-20(25)16-7-4-8-17(15-16)22-28(26,27)18-9-2-1-3-10-18/h1-4,7-10,15,22H,5-6,11-14H2,(H,21,25). The summed E-state index contributed by atoms with van der Waals surface area (Å²) in [7, 11) is -3.71. The number of benzene rings is 2. The minimum Gasteiger partial charge on any atom is -0.352 e. The first-order valence-corrected chi connectivity index (χ1v) is 10.7. The SMILES string of the molecule is O=C(NCCCN1CCCC1=O)c1cccc(NS(=O)(=O)c2ccccc2)c1. The fourth-order valence-electron chi connectivity index (χ4n) is 3.05. The Bertz CT molecular complexity index is 945. The van der Waals surface area contributed by atoms with Gasteiger partial charge in [0.2, 0.25) is 5.91 Å². The van der Waals surface area contributed by atoms with E-state index in [9.17, 15) is 18.0 Å². The lowest BCUT2D eigenvalue weighted by Crippen LogP contribution is -2.30. The first-order chi connectivity index (χ1) is 13.5. The molecule has 0 radical (unpaired) electrons. The van der Waals surface area contributed by atoms with Gasteiger partial charge in [0.1, 0.15) is 0 Å². The van der Waals surface area contributed by atoms with Crippen molar-refractivity contribution in [2.24, 2.45) is 0 Å². The molecule has 2 N–H and O–H groups in total. The summed E-state index contributed by atoms with van der Waals surface area (Å²) in [6, 6.07) is 14.4. The Balaban J connectivity index is 1.55. The molecule has 2 amide bonds. The zero-order chi connectivity index (χ0) is 20.0. The maximum absolute atomic E-state index is 12.4. The van der Waals surface area contributed by atoms with Gasteiger partial charge in [-0.3, -0.25) is 14.3 Å². The number of sulfonamides is 1. The van der Waals surface area contributed by atoms with Gasteiger partial charge in [-0.2, -0.15) is 0 Å². The molecule has 1 heterocycles. The minimum atomic E-state index is -3.71. The van der Waals surface area contributed by atoms with Crippen molar-refractivity contribution in [3.05, 3.63) is 60.2 Å². The quantitative estimate of drug-likeness (QED) is 0.663. The van der Waals surface area contributed by atoms with E-state index in [4.69, 9.17) is 0 Å². The smallest absolute Gasteiger partial charge is 0.261 e. The van der Waals surface area contributed by atoms with Gasteiger partial charge < -0.3 is 10.2 Å². The molecule has 0 aromatic heterocycles. The van der Waals surface area contributed by atoms with Gasteiger partial charge in [0, 0.05) is 37.3 Å². The molecular formula is C20H23N3O4S.